The maximum atomic E-state index is 11.7. The van der Waals surface area contributed by atoms with Crippen LogP contribution in [-0.2, 0) is 4.79 Å². The summed E-state index contributed by atoms with van der Waals surface area (Å²) in [6, 6.07) is 0. The van der Waals surface area contributed by atoms with Gasteiger partial charge in [0.25, 0.3) is 0 Å². The SMILES string of the molecule is O=C(CN1CCCC(CO)C1)Nc1nccs1. The second kappa shape index (κ2) is 6.09. The van der Waals surface area contributed by atoms with Gasteiger partial charge in [-0.25, -0.2) is 4.98 Å². The van der Waals surface area contributed by atoms with Crippen molar-refractivity contribution in [3.63, 3.8) is 0 Å². The minimum atomic E-state index is -0.0291. The molecule has 94 valence electrons. The zero-order valence-corrected chi connectivity index (χ0v) is 10.4. The summed E-state index contributed by atoms with van der Waals surface area (Å²) in [6.45, 7) is 2.34. The zero-order valence-electron chi connectivity index (χ0n) is 9.63. The Labute approximate surface area is 104 Å². The van der Waals surface area contributed by atoms with Gasteiger partial charge >= 0.3 is 0 Å². The molecule has 5 nitrogen and oxygen atoms in total. The highest BCUT2D eigenvalue weighted by Gasteiger charge is 2.21. The van der Waals surface area contributed by atoms with E-state index < -0.39 is 0 Å². The van der Waals surface area contributed by atoms with E-state index in [-0.39, 0.29) is 12.5 Å². The van der Waals surface area contributed by atoms with Crippen LogP contribution in [-0.4, -0.2) is 47.1 Å². The fourth-order valence-corrected chi connectivity index (χ4v) is 2.64. The number of nitrogens with zero attached hydrogens (tertiary/aromatic N) is 2. The Hall–Kier alpha value is -0.980. The second-order valence-corrected chi connectivity index (χ2v) is 5.21. The number of likely N-dealkylation sites (tertiary alicyclic amines) is 1. The number of carbonyl (C=O) groups is 1. The van der Waals surface area contributed by atoms with Gasteiger partial charge in [-0.1, -0.05) is 0 Å². The molecule has 1 aromatic heterocycles. The first kappa shape index (κ1) is 12.5. The Bertz CT molecular complexity index is 356. The van der Waals surface area contributed by atoms with Crippen LogP contribution < -0.4 is 5.32 Å². The van der Waals surface area contributed by atoms with Gasteiger partial charge in [-0.05, 0) is 25.3 Å². The number of aromatic nitrogens is 1. The van der Waals surface area contributed by atoms with Crippen LogP contribution in [0.1, 0.15) is 12.8 Å². The first-order valence-electron chi connectivity index (χ1n) is 5.80. The third-order valence-corrected chi connectivity index (χ3v) is 3.60. The molecule has 0 aliphatic carbocycles. The number of thiazole rings is 1. The quantitative estimate of drug-likeness (QED) is 0.834. The lowest BCUT2D eigenvalue weighted by atomic mass is 9.99. The predicted molar refractivity (Wildman–Crippen MR) is 67.0 cm³/mol. The standard InChI is InChI=1S/C11H17N3O2S/c15-8-9-2-1-4-14(6-9)7-10(16)13-11-12-3-5-17-11/h3,5,9,15H,1-2,4,6-8H2,(H,12,13,16). The third-order valence-electron chi connectivity index (χ3n) is 2.91. The van der Waals surface area contributed by atoms with Crippen molar-refractivity contribution in [2.24, 2.45) is 5.92 Å². The van der Waals surface area contributed by atoms with Gasteiger partial charge in [-0.3, -0.25) is 9.69 Å². The van der Waals surface area contributed by atoms with E-state index in [0.717, 1.165) is 25.9 Å². The van der Waals surface area contributed by atoms with Crippen LogP contribution in [0.4, 0.5) is 5.13 Å². The number of amides is 1. The summed E-state index contributed by atoms with van der Waals surface area (Å²) >= 11 is 1.42. The van der Waals surface area contributed by atoms with E-state index in [1.807, 2.05) is 5.38 Å². The van der Waals surface area contributed by atoms with Crippen LogP contribution in [0.15, 0.2) is 11.6 Å². The molecule has 2 N–H and O–H groups in total. The van der Waals surface area contributed by atoms with E-state index in [0.29, 0.717) is 17.6 Å². The molecule has 1 amide bonds. The lowest BCUT2D eigenvalue weighted by Gasteiger charge is -2.30. The molecule has 1 aliphatic heterocycles. The normalized spacial score (nSPS) is 21.4. The number of piperidine rings is 1. The summed E-state index contributed by atoms with van der Waals surface area (Å²) in [6.07, 6.45) is 3.78. The fourth-order valence-electron chi connectivity index (χ4n) is 2.09. The van der Waals surface area contributed by atoms with Gasteiger partial charge in [0.05, 0.1) is 6.54 Å². The molecule has 1 aromatic rings. The summed E-state index contributed by atoms with van der Waals surface area (Å²) in [4.78, 5) is 17.8. The van der Waals surface area contributed by atoms with Gasteiger partial charge in [0.1, 0.15) is 0 Å². The topological polar surface area (TPSA) is 65.5 Å². The number of hydrogen-bond donors (Lipinski definition) is 2. The Morgan fingerprint density at radius 3 is 3.29 bits per heavy atom. The van der Waals surface area contributed by atoms with Crippen molar-refractivity contribution < 1.29 is 9.90 Å². The van der Waals surface area contributed by atoms with E-state index in [9.17, 15) is 4.79 Å². The maximum Gasteiger partial charge on any atom is 0.240 e. The van der Waals surface area contributed by atoms with Gasteiger partial charge in [-0.2, -0.15) is 0 Å². The van der Waals surface area contributed by atoms with Crippen LogP contribution >= 0.6 is 11.3 Å². The molecule has 1 saturated heterocycles. The van der Waals surface area contributed by atoms with Gasteiger partial charge in [-0.15, -0.1) is 11.3 Å². The predicted octanol–water partition coefficient (Wildman–Crippen LogP) is 0.786. The number of rotatable bonds is 4. The third kappa shape index (κ3) is 3.76. The average Bonchev–Trinajstić information content (AvgIpc) is 2.82. The van der Waals surface area contributed by atoms with Gasteiger partial charge in [0.2, 0.25) is 5.91 Å². The number of carbonyl (C=O) groups excluding carboxylic acids is 1. The molecule has 1 fully saturated rings. The minimum absolute atomic E-state index is 0.0291. The molecule has 0 radical (unpaired) electrons. The molecule has 0 spiro atoms. The molecule has 1 atom stereocenters. The Kier molecular flexibility index (Phi) is 4.47. The number of hydrogen-bond acceptors (Lipinski definition) is 5. The summed E-state index contributed by atoms with van der Waals surface area (Å²) in [5.41, 5.74) is 0. The number of aliphatic hydroxyl groups excluding tert-OH is 1. The lowest BCUT2D eigenvalue weighted by Crippen LogP contribution is -2.41. The first-order valence-corrected chi connectivity index (χ1v) is 6.68. The van der Waals surface area contributed by atoms with Crippen molar-refractivity contribution in [2.45, 2.75) is 12.8 Å². The molecule has 2 rings (SSSR count). The summed E-state index contributed by atoms with van der Waals surface area (Å²) in [5.74, 6) is 0.287. The molecule has 0 bridgehead atoms. The molecule has 2 heterocycles. The van der Waals surface area contributed by atoms with Gasteiger partial charge < -0.3 is 10.4 Å². The summed E-state index contributed by atoms with van der Waals surface area (Å²) in [7, 11) is 0. The maximum absolute atomic E-state index is 11.7. The number of nitrogens with one attached hydrogen (secondary N) is 1. The smallest absolute Gasteiger partial charge is 0.240 e. The van der Waals surface area contributed by atoms with E-state index in [2.05, 4.69) is 15.2 Å². The summed E-state index contributed by atoms with van der Waals surface area (Å²) < 4.78 is 0. The monoisotopic (exact) mass is 255 g/mol. The highest BCUT2D eigenvalue weighted by atomic mass is 32.1. The molecule has 17 heavy (non-hydrogen) atoms. The van der Waals surface area contributed by atoms with Crippen molar-refractivity contribution in [2.75, 3.05) is 31.6 Å². The number of anilines is 1. The molecular formula is C11H17N3O2S. The molecule has 0 aromatic carbocycles. The van der Waals surface area contributed by atoms with Crippen molar-refractivity contribution in [1.82, 2.24) is 9.88 Å². The Balaban J connectivity index is 1.78. The van der Waals surface area contributed by atoms with Crippen molar-refractivity contribution >= 4 is 22.4 Å². The van der Waals surface area contributed by atoms with E-state index in [1.54, 1.807) is 6.20 Å². The molecule has 1 aliphatic rings. The Morgan fingerprint density at radius 2 is 2.59 bits per heavy atom. The first-order chi connectivity index (χ1) is 8.28. The lowest BCUT2D eigenvalue weighted by molar-refractivity contribution is -0.117. The van der Waals surface area contributed by atoms with E-state index in [4.69, 9.17) is 5.11 Å². The second-order valence-electron chi connectivity index (χ2n) is 4.31. The zero-order chi connectivity index (χ0) is 12.1. The van der Waals surface area contributed by atoms with Gasteiger partial charge in [0.15, 0.2) is 5.13 Å². The highest BCUT2D eigenvalue weighted by Crippen LogP contribution is 2.16. The van der Waals surface area contributed by atoms with Crippen LogP contribution in [0.5, 0.6) is 0 Å². The Morgan fingerprint density at radius 1 is 1.71 bits per heavy atom. The molecule has 6 heteroatoms. The fraction of sp³-hybridized carbons (Fsp3) is 0.636. The van der Waals surface area contributed by atoms with Gasteiger partial charge in [0, 0.05) is 24.7 Å². The van der Waals surface area contributed by atoms with E-state index >= 15 is 0 Å². The number of aliphatic hydroxyl groups is 1. The van der Waals surface area contributed by atoms with Crippen LogP contribution in [0.3, 0.4) is 0 Å². The largest absolute Gasteiger partial charge is 0.396 e. The molecular weight excluding hydrogens is 238 g/mol. The van der Waals surface area contributed by atoms with Crippen LogP contribution in [0.25, 0.3) is 0 Å². The molecule has 0 saturated carbocycles. The molecule has 1 unspecified atom stereocenters. The highest BCUT2D eigenvalue weighted by molar-refractivity contribution is 7.13. The van der Waals surface area contributed by atoms with Crippen molar-refractivity contribution in [3.05, 3.63) is 11.6 Å². The van der Waals surface area contributed by atoms with Crippen molar-refractivity contribution in [1.29, 1.82) is 0 Å². The average molecular weight is 255 g/mol. The van der Waals surface area contributed by atoms with Crippen LogP contribution in [0, 0.1) is 5.92 Å². The minimum Gasteiger partial charge on any atom is -0.396 e. The summed E-state index contributed by atoms with van der Waals surface area (Å²) in [5, 5.41) is 14.4. The van der Waals surface area contributed by atoms with Crippen molar-refractivity contribution in [3.8, 4) is 0 Å². The van der Waals surface area contributed by atoms with E-state index in [1.165, 1.54) is 11.3 Å². The van der Waals surface area contributed by atoms with Crippen LogP contribution in [0.2, 0.25) is 0 Å².